The van der Waals surface area contributed by atoms with Gasteiger partial charge in [0, 0.05) is 26.3 Å². The molecule has 1 aliphatic rings. The first-order valence-electron chi connectivity index (χ1n) is 6.67. The van der Waals surface area contributed by atoms with E-state index in [1.165, 1.54) is 37.9 Å². The molecule has 1 aromatic heterocycles. The molecule has 1 heterocycles. The number of rotatable bonds is 7. The van der Waals surface area contributed by atoms with Gasteiger partial charge in [-0.05, 0) is 49.4 Å². The average molecular weight is 233 g/mol. The maximum atomic E-state index is 4.25. The summed E-state index contributed by atoms with van der Waals surface area (Å²) in [7, 11) is 1.92. The Labute approximate surface area is 104 Å². The smallest absolute Gasteiger partial charge is 0.125 e. The van der Waals surface area contributed by atoms with E-state index in [2.05, 4.69) is 34.3 Å². The molecule has 0 amide bonds. The number of nitrogens with zero attached hydrogens (tertiary/aromatic N) is 2. The van der Waals surface area contributed by atoms with Crippen LogP contribution in [0, 0.1) is 5.92 Å². The maximum Gasteiger partial charge on any atom is 0.125 e. The standard InChI is InChI=1S/C14H23N3/c1-3-8-17(10-12-4-5-12)11-13-6-7-16-14(9-13)15-2/h6-7,9,12H,3-5,8,10-11H2,1-2H3,(H,15,16). The fourth-order valence-electron chi connectivity index (χ4n) is 2.18. The summed E-state index contributed by atoms with van der Waals surface area (Å²) in [4.78, 5) is 6.83. The minimum absolute atomic E-state index is 0.963. The predicted molar refractivity (Wildman–Crippen MR) is 72.1 cm³/mol. The first-order chi connectivity index (χ1) is 8.31. The predicted octanol–water partition coefficient (Wildman–Crippen LogP) is 2.75. The molecule has 2 rings (SSSR count). The molecule has 0 bridgehead atoms. The van der Waals surface area contributed by atoms with Crippen LogP contribution in [0.5, 0.6) is 0 Å². The quantitative estimate of drug-likeness (QED) is 0.785. The summed E-state index contributed by atoms with van der Waals surface area (Å²) in [5, 5.41) is 3.10. The second-order valence-electron chi connectivity index (χ2n) is 4.98. The van der Waals surface area contributed by atoms with E-state index < -0.39 is 0 Å². The van der Waals surface area contributed by atoms with Crippen LogP contribution in [0.4, 0.5) is 5.82 Å². The van der Waals surface area contributed by atoms with E-state index in [0.717, 1.165) is 18.3 Å². The summed E-state index contributed by atoms with van der Waals surface area (Å²) >= 11 is 0. The molecule has 0 spiro atoms. The molecule has 3 heteroatoms. The van der Waals surface area contributed by atoms with Crippen molar-refractivity contribution >= 4 is 5.82 Å². The number of pyridine rings is 1. The van der Waals surface area contributed by atoms with E-state index in [0.29, 0.717) is 0 Å². The highest BCUT2D eigenvalue weighted by atomic mass is 15.1. The zero-order valence-electron chi connectivity index (χ0n) is 10.9. The van der Waals surface area contributed by atoms with Crippen LogP contribution in [0.15, 0.2) is 18.3 Å². The average Bonchev–Trinajstić information content (AvgIpc) is 3.13. The molecule has 0 aromatic carbocycles. The zero-order chi connectivity index (χ0) is 12.1. The minimum atomic E-state index is 0.963. The molecule has 94 valence electrons. The lowest BCUT2D eigenvalue weighted by molar-refractivity contribution is 0.255. The van der Waals surface area contributed by atoms with Crippen LogP contribution in [-0.4, -0.2) is 30.0 Å². The minimum Gasteiger partial charge on any atom is -0.373 e. The van der Waals surface area contributed by atoms with Gasteiger partial charge >= 0.3 is 0 Å². The van der Waals surface area contributed by atoms with Gasteiger partial charge in [0.1, 0.15) is 5.82 Å². The Hall–Kier alpha value is -1.09. The molecule has 0 atom stereocenters. The molecule has 1 aromatic rings. The van der Waals surface area contributed by atoms with Crippen molar-refractivity contribution in [2.75, 3.05) is 25.5 Å². The highest BCUT2D eigenvalue weighted by Crippen LogP contribution is 2.30. The SMILES string of the molecule is CCCN(Cc1ccnc(NC)c1)CC1CC1. The molecule has 0 aliphatic heterocycles. The van der Waals surface area contributed by atoms with Crippen LogP contribution in [0.1, 0.15) is 31.7 Å². The van der Waals surface area contributed by atoms with Gasteiger partial charge in [-0.1, -0.05) is 6.92 Å². The van der Waals surface area contributed by atoms with E-state index >= 15 is 0 Å². The molecular formula is C14H23N3. The molecule has 1 aliphatic carbocycles. The van der Waals surface area contributed by atoms with Gasteiger partial charge in [0.25, 0.3) is 0 Å². The Morgan fingerprint density at radius 2 is 2.29 bits per heavy atom. The first kappa shape index (κ1) is 12.4. The summed E-state index contributed by atoms with van der Waals surface area (Å²) < 4.78 is 0. The Morgan fingerprint density at radius 3 is 2.94 bits per heavy atom. The Bertz CT molecular complexity index is 347. The number of hydrogen-bond acceptors (Lipinski definition) is 3. The van der Waals surface area contributed by atoms with Gasteiger partial charge in [-0.25, -0.2) is 4.98 Å². The monoisotopic (exact) mass is 233 g/mol. The highest BCUT2D eigenvalue weighted by Gasteiger charge is 2.23. The summed E-state index contributed by atoms with van der Waals surface area (Å²) in [6.07, 6.45) is 5.98. The van der Waals surface area contributed by atoms with Gasteiger partial charge in [-0.15, -0.1) is 0 Å². The molecule has 17 heavy (non-hydrogen) atoms. The lowest BCUT2D eigenvalue weighted by Gasteiger charge is -2.21. The van der Waals surface area contributed by atoms with Crippen molar-refractivity contribution in [2.45, 2.75) is 32.7 Å². The molecule has 1 N–H and O–H groups in total. The second kappa shape index (κ2) is 6.01. The van der Waals surface area contributed by atoms with Crippen LogP contribution >= 0.6 is 0 Å². The van der Waals surface area contributed by atoms with E-state index in [1.807, 2.05) is 13.2 Å². The third-order valence-electron chi connectivity index (χ3n) is 3.24. The topological polar surface area (TPSA) is 28.2 Å². The van der Waals surface area contributed by atoms with E-state index in [4.69, 9.17) is 0 Å². The summed E-state index contributed by atoms with van der Waals surface area (Å²) in [5.41, 5.74) is 1.36. The van der Waals surface area contributed by atoms with Crippen molar-refractivity contribution < 1.29 is 0 Å². The maximum absolute atomic E-state index is 4.25. The van der Waals surface area contributed by atoms with Crippen LogP contribution in [0.2, 0.25) is 0 Å². The van der Waals surface area contributed by atoms with Crippen molar-refractivity contribution in [3.05, 3.63) is 23.9 Å². The molecular weight excluding hydrogens is 210 g/mol. The third kappa shape index (κ3) is 4.00. The molecule has 0 saturated heterocycles. The summed E-state index contributed by atoms with van der Waals surface area (Å²) in [6, 6.07) is 4.27. The molecule has 0 radical (unpaired) electrons. The molecule has 1 saturated carbocycles. The van der Waals surface area contributed by atoms with Crippen molar-refractivity contribution in [3.63, 3.8) is 0 Å². The van der Waals surface area contributed by atoms with Crippen molar-refractivity contribution in [3.8, 4) is 0 Å². The fraction of sp³-hybridized carbons (Fsp3) is 0.643. The largest absolute Gasteiger partial charge is 0.373 e. The lowest BCUT2D eigenvalue weighted by atomic mass is 10.2. The lowest BCUT2D eigenvalue weighted by Crippen LogP contribution is -2.26. The van der Waals surface area contributed by atoms with E-state index in [-0.39, 0.29) is 0 Å². The first-order valence-corrected chi connectivity index (χ1v) is 6.67. The Morgan fingerprint density at radius 1 is 1.47 bits per heavy atom. The number of aromatic nitrogens is 1. The van der Waals surface area contributed by atoms with Gasteiger partial charge in [-0.2, -0.15) is 0 Å². The molecule has 0 unspecified atom stereocenters. The van der Waals surface area contributed by atoms with Gasteiger partial charge < -0.3 is 5.32 Å². The normalized spacial score (nSPS) is 15.2. The van der Waals surface area contributed by atoms with Crippen LogP contribution in [0.25, 0.3) is 0 Å². The number of hydrogen-bond donors (Lipinski definition) is 1. The summed E-state index contributed by atoms with van der Waals surface area (Å²) in [5.74, 6) is 1.93. The van der Waals surface area contributed by atoms with Crippen molar-refractivity contribution in [1.82, 2.24) is 9.88 Å². The molecule has 1 fully saturated rings. The Kier molecular flexibility index (Phi) is 4.37. The second-order valence-corrected chi connectivity index (χ2v) is 4.98. The Balaban J connectivity index is 1.94. The van der Waals surface area contributed by atoms with Crippen molar-refractivity contribution in [2.24, 2.45) is 5.92 Å². The van der Waals surface area contributed by atoms with E-state index in [9.17, 15) is 0 Å². The summed E-state index contributed by atoms with van der Waals surface area (Å²) in [6.45, 7) is 5.78. The third-order valence-corrected chi connectivity index (χ3v) is 3.24. The molecule has 3 nitrogen and oxygen atoms in total. The van der Waals surface area contributed by atoms with E-state index in [1.54, 1.807) is 0 Å². The van der Waals surface area contributed by atoms with Gasteiger partial charge in [-0.3, -0.25) is 4.90 Å². The van der Waals surface area contributed by atoms with Crippen LogP contribution in [-0.2, 0) is 6.54 Å². The van der Waals surface area contributed by atoms with Gasteiger partial charge in [0.15, 0.2) is 0 Å². The fourth-order valence-corrected chi connectivity index (χ4v) is 2.18. The highest BCUT2D eigenvalue weighted by molar-refractivity contribution is 5.36. The zero-order valence-corrected chi connectivity index (χ0v) is 10.9. The van der Waals surface area contributed by atoms with Crippen LogP contribution < -0.4 is 5.32 Å². The van der Waals surface area contributed by atoms with Gasteiger partial charge in [0.05, 0.1) is 0 Å². The number of anilines is 1. The van der Waals surface area contributed by atoms with Crippen molar-refractivity contribution in [1.29, 1.82) is 0 Å². The van der Waals surface area contributed by atoms with Gasteiger partial charge in [0.2, 0.25) is 0 Å². The van der Waals surface area contributed by atoms with Crippen LogP contribution in [0.3, 0.4) is 0 Å². The number of nitrogens with one attached hydrogen (secondary N) is 1.